The van der Waals surface area contributed by atoms with Crippen molar-refractivity contribution in [1.82, 2.24) is 4.90 Å². The molecule has 1 saturated heterocycles. The van der Waals surface area contributed by atoms with E-state index in [1.54, 1.807) is 24.3 Å². The van der Waals surface area contributed by atoms with Gasteiger partial charge in [-0.25, -0.2) is 0 Å². The molecular weight excluding hydrogens is 250 g/mol. The standard InChI is InChI=1S/C14H20F2N2O/c1-18-9-3-2-4-12(18)10-17-11-5-7-13(8-6-11)19-14(15)16/h5-8,12,14,17H,2-4,9-10H2,1H3. The fourth-order valence-electron chi connectivity index (χ4n) is 2.39. The summed E-state index contributed by atoms with van der Waals surface area (Å²) < 4.78 is 28.3. The summed E-state index contributed by atoms with van der Waals surface area (Å²) in [4.78, 5) is 2.37. The number of nitrogens with one attached hydrogen (secondary N) is 1. The monoisotopic (exact) mass is 270 g/mol. The number of ether oxygens (including phenoxy) is 1. The van der Waals surface area contributed by atoms with Crippen LogP contribution in [0.2, 0.25) is 0 Å². The first kappa shape index (κ1) is 14.1. The first-order valence-electron chi connectivity index (χ1n) is 6.64. The molecule has 3 nitrogen and oxygen atoms in total. The Hall–Kier alpha value is -1.36. The largest absolute Gasteiger partial charge is 0.435 e. The second-order valence-electron chi connectivity index (χ2n) is 4.91. The Morgan fingerprint density at radius 3 is 2.68 bits per heavy atom. The maximum atomic E-state index is 12.0. The molecule has 1 unspecified atom stereocenters. The van der Waals surface area contributed by atoms with Gasteiger partial charge in [0.2, 0.25) is 0 Å². The van der Waals surface area contributed by atoms with Crippen LogP contribution < -0.4 is 10.1 Å². The van der Waals surface area contributed by atoms with E-state index in [0.29, 0.717) is 6.04 Å². The summed E-state index contributed by atoms with van der Waals surface area (Å²) in [6.45, 7) is -0.742. The third-order valence-corrected chi connectivity index (χ3v) is 3.54. The molecule has 0 amide bonds. The Kier molecular flexibility index (Phi) is 4.96. The molecule has 0 spiro atoms. The summed E-state index contributed by atoms with van der Waals surface area (Å²) >= 11 is 0. The van der Waals surface area contributed by atoms with Gasteiger partial charge in [0.05, 0.1) is 0 Å². The van der Waals surface area contributed by atoms with Crippen LogP contribution in [0.1, 0.15) is 19.3 Å². The fourth-order valence-corrected chi connectivity index (χ4v) is 2.39. The number of anilines is 1. The predicted molar refractivity (Wildman–Crippen MR) is 71.8 cm³/mol. The summed E-state index contributed by atoms with van der Waals surface area (Å²) in [6.07, 6.45) is 3.75. The fraction of sp³-hybridized carbons (Fsp3) is 0.571. The van der Waals surface area contributed by atoms with Crippen molar-refractivity contribution in [1.29, 1.82) is 0 Å². The molecule has 0 saturated carbocycles. The van der Waals surface area contributed by atoms with Gasteiger partial charge in [0.1, 0.15) is 5.75 Å². The summed E-state index contributed by atoms with van der Waals surface area (Å²) in [7, 11) is 2.14. The normalized spacial score (nSPS) is 20.5. The highest BCUT2D eigenvalue weighted by Crippen LogP contribution is 2.19. The second-order valence-corrected chi connectivity index (χ2v) is 4.91. The van der Waals surface area contributed by atoms with E-state index in [-0.39, 0.29) is 5.75 Å². The Morgan fingerprint density at radius 1 is 1.32 bits per heavy atom. The molecule has 1 aromatic rings. The highest BCUT2D eigenvalue weighted by molar-refractivity contribution is 5.46. The third kappa shape index (κ3) is 4.35. The maximum absolute atomic E-state index is 12.0. The molecule has 1 atom stereocenters. The number of hydrogen-bond acceptors (Lipinski definition) is 3. The van der Waals surface area contributed by atoms with Crippen LogP contribution in [-0.4, -0.2) is 37.7 Å². The average molecular weight is 270 g/mol. The van der Waals surface area contributed by atoms with E-state index in [1.807, 2.05) is 0 Å². The summed E-state index contributed by atoms with van der Waals surface area (Å²) in [5, 5.41) is 3.34. The second kappa shape index (κ2) is 6.70. The van der Waals surface area contributed by atoms with E-state index in [2.05, 4.69) is 22.0 Å². The minimum Gasteiger partial charge on any atom is -0.435 e. The molecule has 0 aromatic heterocycles. The highest BCUT2D eigenvalue weighted by Gasteiger charge is 2.18. The zero-order chi connectivity index (χ0) is 13.7. The van der Waals surface area contributed by atoms with Crippen LogP contribution in [-0.2, 0) is 0 Å². The van der Waals surface area contributed by atoms with Crippen LogP contribution in [0.25, 0.3) is 0 Å². The molecule has 5 heteroatoms. The van der Waals surface area contributed by atoms with Crippen molar-refractivity contribution in [2.24, 2.45) is 0 Å². The highest BCUT2D eigenvalue weighted by atomic mass is 19.3. The summed E-state index contributed by atoms with van der Waals surface area (Å²) in [6, 6.07) is 7.19. The van der Waals surface area contributed by atoms with E-state index in [9.17, 15) is 8.78 Å². The van der Waals surface area contributed by atoms with Gasteiger partial charge in [0, 0.05) is 18.3 Å². The molecule has 0 aliphatic carbocycles. The van der Waals surface area contributed by atoms with Gasteiger partial charge in [-0.1, -0.05) is 6.42 Å². The van der Waals surface area contributed by atoms with Crippen molar-refractivity contribution in [3.05, 3.63) is 24.3 Å². The number of benzene rings is 1. The molecule has 1 aliphatic heterocycles. The Bertz CT molecular complexity index is 384. The van der Waals surface area contributed by atoms with Crippen molar-refractivity contribution in [3.8, 4) is 5.75 Å². The van der Waals surface area contributed by atoms with Gasteiger partial charge < -0.3 is 15.0 Å². The average Bonchev–Trinajstić information content (AvgIpc) is 2.39. The van der Waals surface area contributed by atoms with E-state index in [0.717, 1.165) is 18.8 Å². The molecule has 0 radical (unpaired) electrons. The topological polar surface area (TPSA) is 24.5 Å². The van der Waals surface area contributed by atoms with E-state index in [4.69, 9.17) is 0 Å². The van der Waals surface area contributed by atoms with Crippen LogP contribution in [0.5, 0.6) is 5.75 Å². The molecule has 0 bridgehead atoms. The smallest absolute Gasteiger partial charge is 0.387 e. The van der Waals surface area contributed by atoms with E-state index in [1.165, 1.54) is 19.3 Å². The number of alkyl halides is 2. The molecule has 1 aromatic carbocycles. The van der Waals surface area contributed by atoms with E-state index < -0.39 is 6.61 Å². The number of hydrogen-bond donors (Lipinski definition) is 1. The molecule has 1 fully saturated rings. The molecule has 1 heterocycles. The lowest BCUT2D eigenvalue weighted by Gasteiger charge is -2.32. The van der Waals surface area contributed by atoms with Gasteiger partial charge >= 0.3 is 6.61 Å². The molecule has 19 heavy (non-hydrogen) atoms. The molecule has 1 aliphatic rings. The van der Waals surface area contributed by atoms with Gasteiger partial charge in [-0.05, 0) is 50.7 Å². The SMILES string of the molecule is CN1CCCCC1CNc1ccc(OC(F)F)cc1. The number of nitrogens with zero attached hydrogens (tertiary/aromatic N) is 1. The quantitative estimate of drug-likeness (QED) is 0.889. The minimum atomic E-state index is -2.77. The van der Waals surface area contributed by atoms with Crippen LogP contribution >= 0.6 is 0 Å². The van der Waals surface area contributed by atoms with Crippen molar-refractivity contribution >= 4 is 5.69 Å². The lowest BCUT2D eigenvalue weighted by molar-refractivity contribution is -0.0498. The van der Waals surface area contributed by atoms with Crippen LogP contribution in [0.15, 0.2) is 24.3 Å². The van der Waals surface area contributed by atoms with Gasteiger partial charge in [-0.3, -0.25) is 0 Å². The Balaban J connectivity index is 1.82. The molecular formula is C14H20F2N2O. The summed E-state index contributed by atoms with van der Waals surface area (Å²) in [5.41, 5.74) is 0.931. The predicted octanol–water partition coefficient (Wildman–Crippen LogP) is 3.18. The van der Waals surface area contributed by atoms with Crippen molar-refractivity contribution in [2.45, 2.75) is 31.9 Å². The maximum Gasteiger partial charge on any atom is 0.387 e. The summed E-state index contributed by atoms with van der Waals surface area (Å²) in [5.74, 6) is 0.190. The van der Waals surface area contributed by atoms with Crippen LogP contribution in [0.3, 0.4) is 0 Å². The lowest BCUT2D eigenvalue weighted by atomic mass is 10.0. The third-order valence-electron chi connectivity index (χ3n) is 3.54. The minimum absolute atomic E-state index is 0.190. The number of likely N-dealkylation sites (tertiary alicyclic amines) is 1. The van der Waals surface area contributed by atoms with Gasteiger partial charge in [0.25, 0.3) is 0 Å². The van der Waals surface area contributed by atoms with Gasteiger partial charge in [-0.15, -0.1) is 0 Å². The van der Waals surface area contributed by atoms with Crippen molar-refractivity contribution in [2.75, 3.05) is 25.5 Å². The zero-order valence-electron chi connectivity index (χ0n) is 11.1. The first-order valence-corrected chi connectivity index (χ1v) is 6.64. The van der Waals surface area contributed by atoms with Crippen LogP contribution in [0.4, 0.5) is 14.5 Å². The Morgan fingerprint density at radius 2 is 2.05 bits per heavy atom. The first-order chi connectivity index (χ1) is 9.15. The number of likely N-dealkylation sites (N-methyl/N-ethyl adjacent to an activating group) is 1. The number of piperidine rings is 1. The molecule has 106 valence electrons. The number of halogens is 2. The van der Waals surface area contributed by atoms with Crippen LogP contribution in [0, 0.1) is 0 Å². The lowest BCUT2D eigenvalue weighted by Crippen LogP contribution is -2.40. The zero-order valence-corrected chi connectivity index (χ0v) is 11.1. The molecule has 2 rings (SSSR count). The van der Waals surface area contributed by atoms with Gasteiger partial charge in [-0.2, -0.15) is 8.78 Å². The molecule has 1 N–H and O–H groups in total. The van der Waals surface area contributed by atoms with Gasteiger partial charge in [0.15, 0.2) is 0 Å². The van der Waals surface area contributed by atoms with Crippen molar-refractivity contribution in [3.63, 3.8) is 0 Å². The van der Waals surface area contributed by atoms with E-state index >= 15 is 0 Å². The van der Waals surface area contributed by atoms with Crippen molar-refractivity contribution < 1.29 is 13.5 Å². The number of rotatable bonds is 5. The Labute approximate surface area is 112 Å².